The van der Waals surface area contributed by atoms with E-state index in [0.717, 1.165) is 29.8 Å². The van der Waals surface area contributed by atoms with Gasteiger partial charge in [0.15, 0.2) is 5.78 Å². The van der Waals surface area contributed by atoms with Gasteiger partial charge in [0.2, 0.25) is 0 Å². The molecule has 3 nitrogen and oxygen atoms in total. The number of Topliss-reactive ketones (excluding diaryl/α,β-unsaturated/α-hetero) is 1. The van der Waals surface area contributed by atoms with Gasteiger partial charge in [-0.25, -0.2) is 0 Å². The van der Waals surface area contributed by atoms with Crippen LogP contribution in [-0.4, -0.2) is 16.0 Å². The minimum Gasteiger partial charge on any atom is -0.294 e. The summed E-state index contributed by atoms with van der Waals surface area (Å²) in [5.41, 5.74) is 5.88. The van der Waals surface area contributed by atoms with E-state index >= 15 is 0 Å². The van der Waals surface area contributed by atoms with E-state index in [9.17, 15) is 4.79 Å². The van der Waals surface area contributed by atoms with Gasteiger partial charge >= 0.3 is 0 Å². The molecule has 0 spiro atoms. The predicted molar refractivity (Wildman–Crippen MR) is 88.2 cm³/mol. The van der Waals surface area contributed by atoms with Crippen LogP contribution < -0.4 is 0 Å². The van der Waals surface area contributed by atoms with Gasteiger partial charge in [0.25, 0.3) is 0 Å². The zero-order valence-corrected chi connectivity index (χ0v) is 14.0. The SMILES string of the molecule is Cc1[nH]nc2c1C(c1cccs1)C1=C(C2)CC(C)(C)CC1=O. The molecule has 4 heteroatoms. The zero-order chi connectivity index (χ0) is 15.5. The van der Waals surface area contributed by atoms with Crippen LogP contribution in [-0.2, 0) is 11.2 Å². The van der Waals surface area contributed by atoms with Crippen LogP contribution >= 0.6 is 11.3 Å². The van der Waals surface area contributed by atoms with E-state index in [0.29, 0.717) is 12.2 Å². The van der Waals surface area contributed by atoms with Gasteiger partial charge in [0.05, 0.1) is 11.6 Å². The first-order chi connectivity index (χ1) is 10.5. The summed E-state index contributed by atoms with van der Waals surface area (Å²) in [6.07, 6.45) is 2.48. The molecule has 0 saturated heterocycles. The van der Waals surface area contributed by atoms with Gasteiger partial charge in [-0.05, 0) is 30.2 Å². The van der Waals surface area contributed by atoms with E-state index < -0.39 is 0 Å². The number of carbonyl (C=O) groups is 1. The quantitative estimate of drug-likeness (QED) is 0.859. The Bertz CT molecular complexity index is 780. The van der Waals surface area contributed by atoms with Crippen LogP contribution in [0, 0.1) is 12.3 Å². The average Bonchev–Trinajstić information content (AvgIpc) is 3.05. The van der Waals surface area contributed by atoms with Crippen LogP contribution in [0.3, 0.4) is 0 Å². The number of ketones is 1. The Kier molecular flexibility index (Phi) is 2.95. The van der Waals surface area contributed by atoms with Crippen molar-refractivity contribution >= 4 is 17.1 Å². The van der Waals surface area contributed by atoms with E-state index in [-0.39, 0.29) is 11.3 Å². The molecule has 2 heterocycles. The maximum atomic E-state index is 12.9. The van der Waals surface area contributed by atoms with Gasteiger partial charge in [0, 0.05) is 34.5 Å². The molecule has 1 atom stereocenters. The van der Waals surface area contributed by atoms with Crippen molar-refractivity contribution in [2.24, 2.45) is 5.41 Å². The summed E-state index contributed by atoms with van der Waals surface area (Å²) in [5, 5.41) is 9.74. The van der Waals surface area contributed by atoms with Gasteiger partial charge in [-0.1, -0.05) is 25.5 Å². The molecule has 0 amide bonds. The van der Waals surface area contributed by atoms with Gasteiger partial charge in [-0.15, -0.1) is 11.3 Å². The molecule has 114 valence electrons. The van der Waals surface area contributed by atoms with E-state index in [1.807, 2.05) is 0 Å². The molecule has 0 bridgehead atoms. The molecule has 1 N–H and O–H groups in total. The largest absolute Gasteiger partial charge is 0.294 e. The molecule has 2 aliphatic rings. The van der Waals surface area contributed by atoms with E-state index in [4.69, 9.17) is 0 Å². The predicted octanol–water partition coefficient (Wildman–Crippen LogP) is 4.15. The Labute approximate surface area is 134 Å². The molecule has 1 unspecified atom stereocenters. The number of rotatable bonds is 1. The lowest BCUT2D eigenvalue weighted by atomic mass is 9.66. The zero-order valence-electron chi connectivity index (χ0n) is 13.2. The second-order valence-corrected chi connectivity index (χ2v) is 8.27. The number of H-pyrrole nitrogens is 1. The number of nitrogens with zero attached hydrogens (tertiary/aromatic N) is 1. The molecule has 2 aliphatic carbocycles. The van der Waals surface area contributed by atoms with Crippen molar-refractivity contribution in [1.29, 1.82) is 0 Å². The molecule has 0 fully saturated rings. The maximum absolute atomic E-state index is 12.9. The summed E-state index contributed by atoms with van der Waals surface area (Å²) in [7, 11) is 0. The Morgan fingerprint density at radius 1 is 1.36 bits per heavy atom. The molecule has 22 heavy (non-hydrogen) atoms. The van der Waals surface area contributed by atoms with Crippen LogP contribution in [0.1, 0.15) is 54.4 Å². The minimum atomic E-state index is 0.0682. The summed E-state index contributed by atoms with van der Waals surface area (Å²) in [6.45, 7) is 6.45. The molecule has 0 aliphatic heterocycles. The summed E-state index contributed by atoms with van der Waals surface area (Å²) < 4.78 is 0. The topological polar surface area (TPSA) is 45.8 Å². The van der Waals surface area contributed by atoms with Crippen molar-refractivity contribution in [1.82, 2.24) is 10.2 Å². The number of thiophene rings is 1. The lowest BCUT2D eigenvalue weighted by molar-refractivity contribution is -0.118. The Morgan fingerprint density at radius 2 is 2.18 bits per heavy atom. The highest BCUT2D eigenvalue weighted by Crippen LogP contribution is 2.49. The van der Waals surface area contributed by atoms with Crippen LogP contribution in [0.5, 0.6) is 0 Å². The van der Waals surface area contributed by atoms with E-state index in [1.165, 1.54) is 16.0 Å². The van der Waals surface area contributed by atoms with Crippen molar-refractivity contribution < 1.29 is 4.79 Å². The van der Waals surface area contributed by atoms with Gasteiger partial charge in [-0.2, -0.15) is 5.10 Å². The van der Waals surface area contributed by atoms with Crippen molar-refractivity contribution in [2.45, 2.75) is 46.0 Å². The second kappa shape index (κ2) is 4.66. The number of aromatic amines is 1. The number of aromatic nitrogens is 2. The fraction of sp³-hybridized carbons (Fsp3) is 0.444. The molecule has 2 aromatic rings. The lowest BCUT2D eigenvalue weighted by Crippen LogP contribution is -2.31. The van der Waals surface area contributed by atoms with Gasteiger partial charge in [-0.3, -0.25) is 9.89 Å². The Balaban J connectivity index is 1.94. The fourth-order valence-electron chi connectivity index (χ4n) is 4.08. The van der Waals surface area contributed by atoms with Crippen molar-refractivity contribution in [3.63, 3.8) is 0 Å². The summed E-state index contributed by atoms with van der Waals surface area (Å²) in [6, 6.07) is 4.22. The normalized spacial score (nSPS) is 23.4. The summed E-state index contributed by atoms with van der Waals surface area (Å²) >= 11 is 1.73. The van der Waals surface area contributed by atoms with Crippen molar-refractivity contribution in [3.8, 4) is 0 Å². The smallest absolute Gasteiger partial charge is 0.160 e. The second-order valence-electron chi connectivity index (χ2n) is 7.29. The highest BCUT2D eigenvalue weighted by Gasteiger charge is 2.42. The summed E-state index contributed by atoms with van der Waals surface area (Å²) in [5.74, 6) is 0.414. The third kappa shape index (κ3) is 2.01. The minimum absolute atomic E-state index is 0.0682. The Morgan fingerprint density at radius 3 is 2.91 bits per heavy atom. The fourth-order valence-corrected chi connectivity index (χ4v) is 4.92. The molecule has 2 aromatic heterocycles. The number of aryl methyl sites for hydroxylation is 1. The first kappa shape index (κ1) is 13.9. The number of allylic oxidation sites excluding steroid dienone is 2. The van der Waals surface area contributed by atoms with Crippen LogP contribution in [0.25, 0.3) is 0 Å². The standard InChI is InChI=1S/C18H20N2OS/c1-10-15-12(20-19-10)7-11-8-18(2,3)9-13(21)16(11)17(15)14-5-4-6-22-14/h4-6,17H,7-9H2,1-3H3,(H,19,20). The molecule has 0 radical (unpaired) electrons. The summed E-state index contributed by atoms with van der Waals surface area (Å²) in [4.78, 5) is 14.2. The average molecular weight is 312 g/mol. The van der Waals surface area contributed by atoms with E-state index in [1.54, 1.807) is 11.3 Å². The highest BCUT2D eigenvalue weighted by atomic mass is 32.1. The Hall–Kier alpha value is -1.68. The number of nitrogens with one attached hydrogen (secondary N) is 1. The van der Waals surface area contributed by atoms with Crippen LogP contribution in [0.4, 0.5) is 0 Å². The van der Waals surface area contributed by atoms with Crippen LogP contribution in [0.2, 0.25) is 0 Å². The van der Waals surface area contributed by atoms with Crippen LogP contribution in [0.15, 0.2) is 28.7 Å². The van der Waals surface area contributed by atoms with Crippen molar-refractivity contribution in [3.05, 3.63) is 50.5 Å². The van der Waals surface area contributed by atoms with E-state index in [2.05, 4.69) is 48.5 Å². The van der Waals surface area contributed by atoms with Gasteiger partial charge < -0.3 is 0 Å². The first-order valence-electron chi connectivity index (χ1n) is 7.78. The number of carbonyl (C=O) groups excluding carboxylic acids is 1. The monoisotopic (exact) mass is 312 g/mol. The highest BCUT2D eigenvalue weighted by molar-refractivity contribution is 7.10. The molecule has 0 aromatic carbocycles. The number of hydrogen-bond donors (Lipinski definition) is 1. The van der Waals surface area contributed by atoms with Gasteiger partial charge in [0.1, 0.15) is 0 Å². The first-order valence-corrected chi connectivity index (χ1v) is 8.66. The molecular formula is C18H20N2OS. The molecule has 0 saturated carbocycles. The molecular weight excluding hydrogens is 292 g/mol. The van der Waals surface area contributed by atoms with Crippen molar-refractivity contribution in [2.75, 3.05) is 0 Å². The third-order valence-electron chi connectivity index (χ3n) is 4.87. The maximum Gasteiger partial charge on any atom is 0.160 e. The number of hydrogen-bond acceptors (Lipinski definition) is 3. The lowest BCUT2D eigenvalue weighted by Gasteiger charge is -2.37. The third-order valence-corrected chi connectivity index (χ3v) is 5.81. The number of fused-ring (bicyclic) bond motifs is 1. The molecule has 4 rings (SSSR count).